The van der Waals surface area contributed by atoms with Gasteiger partial charge in [0.05, 0.1) is 12.0 Å². The third-order valence-corrected chi connectivity index (χ3v) is 5.30. The third kappa shape index (κ3) is 2.43. The molecule has 3 atom stereocenters. The first-order chi connectivity index (χ1) is 10.8. The number of para-hydroxylation sites is 1. The van der Waals surface area contributed by atoms with Crippen molar-refractivity contribution in [3.8, 4) is 5.69 Å². The van der Waals surface area contributed by atoms with Gasteiger partial charge in [-0.15, -0.1) is 0 Å². The van der Waals surface area contributed by atoms with E-state index in [1.165, 1.54) is 19.3 Å². The first-order valence-corrected chi connectivity index (χ1v) is 8.15. The Labute approximate surface area is 130 Å². The summed E-state index contributed by atoms with van der Waals surface area (Å²) >= 11 is 0. The third-order valence-electron chi connectivity index (χ3n) is 5.30. The van der Waals surface area contributed by atoms with E-state index < -0.39 is 0 Å². The quantitative estimate of drug-likeness (QED) is 0.942. The zero-order chi connectivity index (χ0) is 14.9. The van der Waals surface area contributed by atoms with Crippen LogP contribution in [0.3, 0.4) is 0 Å². The van der Waals surface area contributed by atoms with E-state index in [1.54, 1.807) is 12.5 Å². The molecule has 114 valence electrons. The number of fused-ring (bicyclic) bond motifs is 2. The molecule has 0 radical (unpaired) electrons. The molecule has 2 aliphatic carbocycles. The molecule has 2 aliphatic rings. The molecule has 1 amide bonds. The van der Waals surface area contributed by atoms with Crippen molar-refractivity contribution in [1.29, 1.82) is 0 Å². The normalized spacial score (nSPS) is 26.3. The van der Waals surface area contributed by atoms with E-state index >= 15 is 0 Å². The Balaban J connectivity index is 1.45. The highest BCUT2D eigenvalue weighted by atomic mass is 16.1. The van der Waals surface area contributed by atoms with Crippen molar-refractivity contribution in [2.24, 2.45) is 17.8 Å². The van der Waals surface area contributed by atoms with Crippen LogP contribution in [0.5, 0.6) is 0 Å². The lowest BCUT2D eigenvalue weighted by molar-refractivity contribution is -0.126. The second-order valence-electron chi connectivity index (χ2n) is 6.60. The molecule has 1 aromatic carbocycles. The number of carbonyl (C=O) groups is 1. The molecule has 0 spiro atoms. The van der Waals surface area contributed by atoms with Crippen LogP contribution >= 0.6 is 0 Å². The van der Waals surface area contributed by atoms with Crippen LogP contribution in [0.1, 0.15) is 31.2 Å². The highest BCUT2D eigenvalue weighted by Crippen LogP contribution is 2.48. The van der Waals surface area contributed by atoms with Crippen LogP contribution in [0.4, 0.5) is 0 Å². The number of imidazole rings is 1. The second-order valence-corrected chi connectivity index (χ2v) is 6.60. The van der Waals surface area contributed by atoms with Crippen molar-refractivity contribution in [2.45, 2.75) is 32.2 Å². The molecule has 3 unspecified atom stereocenters. The fourth-order valence-corrected chi connectivity index (χ4v) is 4.19. The molecular formula is C18H21N3O. The van der Waals surface area contributed by atoms with E-state index in [2.05, 4.69) is 22.4 Å². The number of benzene rings is 1. The maximum atomic E-state index is 12.5. The number of hydrogen-bond acceptors (Lipinski definition) is 2. The minimum Gasteiger partial charge on any atom is -0.352 e. The average Bonchev–Trinajstić information content (AvgIpc) is 3.29. The summed E-state index contributed by atoms with van der Waals surface area (Å²) in [5.74, 6) is 1.93. The molecule has 4 nitrogen and oxygen atoms in total. The Bertz CT molecular complexity index is 665. The SMILES string of the molecule is O=C(NCc1ccccc1-n1ccnc1)C1CC2CCC1C2. The van der Waals surface area contributed by atoms with Crippen LogP contribution in [0.15, 0.2) is 43.0 Å². The zero-order valence-corrected chi connectivity index (χ0v) is 12.6. The van der Waals surface area contributed by atoms with Gasteiger partial charge in [-0.05, 0) is 42.7 Å². The average molecular weight is 295 g/mol. The number of rotatable bonds is 4. The number of carbonyl (C=O) groups excluding carboxylic acids is 1. The van der Waals surface area contributed by atoms with Crippen molar-refractivity contribution < 1.29 is 4.79 Å². The summed E-state index contributed by atoms with van der Waals surface area (Å²) in [6.45, 7) is 0.584. The molecule has 2 aromatic rings. The predicted molar refractivity (Wildman–Crippen MR) is 84.3 cm³/mol. The van der Waals surface area contributed by atoms with Crippen LogP contribution in [0.25, 0.3) is 5.69 Å². The van der Waals surface area contributed by atoms with Gasteiger partial charge < -0.3 is 9.88 Å². The predicted octanol–water partition coefficient (Wildman–Crippen LogP) is 2.92. The maximum Gasteiger partial charge on any atom is 0.223 e. The first kappa shape index (κ1) is 13.6. The molecule has 0 saturated heterocycles. The number of nitrogens with zero attached hydrogens (tertiary/aromatic N) is 2. The summed E-state index contributed by atoms with van der Waals surface area (Å²) in [7, 11) is 0. The Hall–Kier alpha value is -2.10. The lowest BCUT2D eigenvalue weighted by Gasteiger charge is -2.21. The molecule has 1 aromatic heterocycles. The van der Waals surface area contributed by atoms with Gasteiger partial charge in [0.2, 0.25) is 5.91 Å². The van der Waals surface area contributed by atoms with Crippen LogP contribution in [0, 0.1) is 17.8 Å². The van der Waals surface area contributed by atoms with Crippen molar-refractivity contribution in [1.82, 2.24) is 14.9 Å². The van der Waals surface area contributed by atoms with Crippen LogP contribution in [-0.4, -0.2) is 15.5 Å². The number of amides is 1. The van der Waals surface area contributed by atoms with Gasteiger partial charge in [0.1, 0.15) is 0 Å². The Morgan fingerprint density at radius 2 is 2.18 bits per heavy atom. The summed E-state index contributed by atoms with van der Waals surface area (Å²) in [6, 6.07) is 8.15. The van der Waals surface area contributed by atoms with Gasteiger partial charge in [0.25, 0.3) is 0 Å². The van der Waals surface area contributed by atoms with E-state index in [1.807, 2.05) is 22.9 Å². The van der Waals surface area contributed by atoms with Gasteiger partial charge in [-0.1, -0.05) is 24.6 Å². The zero-order valence-electron chi connectivity index (χ0n) is 12.6. The van der Waals surface area contributed by atoms with E-state index in [-0.39, 0.29) is 11.8 Å². The van der Waals surface area contributed by atoms with Crippen molar-refractivity contribution in [3.05, 3.63) is 48.5 Å². The van der Waals surface area contributed by atoms with E-state index in [9.17, 15) is 4.79 Å². The minimum absolute atomic E-state index is 0.243. The summed E-state index contributed by atoms with van der Waals surface area (Å²) in [5.41, 5.74) is 2.20. The highest BCUT2D eigenvalue weighted by Gasteiger charge is 2.42. The molecule has 1 N–H and O–H groups in total. The fourth-order valence-electron chi connectivity index (χ4n) is 4.19. The lowest BCUT2D eigenvalue weighted by Crippen LogP contribution is -2.33. The van der Waals surface area contributed by atoms with E-state index in [4.69, 9.17) is 0 Å². The molecule has 4 heteroatoms. The van der Waals surface area contributed by atoms with E-state index in [0.29, 0.717) is 12.5 Å². The van der Waals surface area contributed by atoms with Gasteiger partial charge >= 0.3 is 0 Å². The Morgan fingerprint density at radius 3 is 2.91 bits per heavy atom. The van der Waals surface area contributed by atoms with Gasteiger partial charge in [-0.3, -0.25) is 4.79 Å². The summed E-state index contributed by atoms with van der Waals surface area (Å²) < 4.78 is 1.99. The largest absolute Gasteiger partial charge is 0.352 e. The van der Waals surface area contributed by atoms with Crippen LogP contribution < -0.4 is 5.32 Å². The fraction of sp³-hybridized carbons (Fsp3) is 0.444. The number of hydrogen-bond donors (Lipinski definition) is 1. The molecule has 2 bridgehead atoms. The lowest BCUT2D eigenvalue weighted by atomic mass is 9.88. The summed E-state index contributed by atoms with van der Waals surface area (Å²) in [5, 5.41) is 3.16. The molecule has 0 aliphatic heterocycles. The molecule has 4 rings (SSSR count). The second kappa shape index (κ2) is 5.59. The highest BCUT2D eigenvalue weighted by molar-refractivity contribution is 5.79. The first-order valence-electron chi connectivity index (χ1n) is 8.15. The van der Waals surface area contributed by atoms with Crippen molar-refractivity contribution in [3.63, 3.8) is 0 Å². The van der Waals surface area contributed by atoms with Crippen LogP contribution in [-0.2, 0) is 11.3 Å². The van der Waals surface area contributed by atoms with Gasteiger partial charge in [-0.2, -0.15) is 0 Å². The van der Waals surface area contributed by atoms with Crippen molar-refractivity contribution in [2.75, 3.05) is 0 Å². The smallest absolute Gasteiger partial charge is 0.223 e. The van der Waals surface area contributed by atoms with Gasteiger partial charge in [0.15, 0.2) is 0 Å². The molecule has 22 heavy (non-hydrogen) atoms. The Morgan fingerprint density at radius 1 is 1.27 bits per heavy atom. The Kier molecular flexibility index (Phi) is 3.45. The standard InChI is InChI=1S/C18H21N3O/c22-18(16-10-13-5-6-14(16)9-13)20-11-15-3-1-2-4-17(15)21-8-7-19-12-21/h1-4,7-8,12-14,16H,5-6,9-11H2,(H,20,22). The monoisotopic (exact) mass is 295 g/mol. The molecule has 2 fully saturated rings. The number of aromatic nitrogens is 2. The summed E-state index contributed by atoms with van der Waals surface area (Å²) in [4.78, 5) is 16.6. The minimum atomic E-state index is 0.243. The van der Waals surface area contributed by atoms with E-state index in [0.717, 1.165) is 23.6 Å². The number of nitrogens with one attached hydrogen (secondary N) is 1. The summed E-state index contributed by atoms with van der Waals surface area (Å²) in [6.07, 6.45) is 10.4. The molecular weight excluding hydrogens is 274 g/mol. The molecule has 1 heterocycles. The maximum absolute atomic E-state index is 12.5. The van der Waals surface area contributed by atoms with Gasteiger partial charge in [-0.25, -0.2) is 4.98 Å². The van der Waals surface area contributed by atoms with Crippen LogP contribution in [0.2, 0.25) is 0 Å². The van der Waals surface area contributed by atoms with Crippen molar-refractivity contribution >= 4 is 5.91 Å². The van der Waals surface area contributed by atoms with Gasteiger partial charge in [0, 0.05) is 24.9 Å². The molecule has 2 saturated carbocycles. The topological polar surface area (TPSA) is 46.9 Å².